The first kappa shape index (κ1) is 17.0. The van der Waals surface area contributed by atoms with Gasteiger partial charge in [-0.05, 0) is 36.8 Å². The molecule has 0 atom stereocenters. The number of nitrogens with one attached hydrogen (secondary N) is 1. The summed E-state index contributed by atoms with van der Waals surface area (Å²) in [5.74, 6) is 1.93. The maximum atomic E-state index is 6.16. The van der Waals surface area contributed by atoms with Gasteiger partial charge in [-0.2, -0.15) is 4.98 Å². The molecule has 0 saturated heterocycles. The number of aromatic nitrogens is 2. The Labute approximate surface area is 152 Å². The van der Waals surface area contributed by atoms with Crippen LogP contribution in [0.3, 0.4) is 0 Å². The predicted molar refractivity (Wildman–Crippen MR) is 103 cm³/mol. The molecule has 0 fully saturated rings. The van der Waals surface area contributed by atoms with E-state index in [1.165, 1.54) is 0 Å². The first-order valence-corrected chi connectivity index (χ1v) is 8.19. The molecule has 0 bridgehead atoms. The lowest BCUT2D eigenvalue weighted by Gasteiger charge is -2.18. The van der Waals surface area contributed by atoms with Crippen molar-refractivity contribution in [1.82, 2.24) is 9.97 Å². The summed E-state index contributed by atoms with van der Waals surface area (Å²) >= 11 is 6.16. The smallest absolute Gasteiger partial charge is 0.231 e. The fraction of sp³-hybridized carbons (Fsp3) is 0.158. The van der Waals surface area contributed by atoms with Crippen LogP contribution in [0.15, 0.2) is 54.7 Å². The van der Waals surface area contributed by atoms with Gasteiger partial charge in [0, 0.05) is 30.0 Å². The molecular formula is C19H19ClN4O. The maximum Gasteiger partial charge on any atom is 0.231 e. The van der Waals surface area contributed by atoms with Crippen LogP contribution in [-0.2, 0) is 0 Å². The summed E-state index contributed by atoms with van der Waals surface area (Å²) in [7, 11) is 3.54. The van der Waals surface area contributed by atoms with Crippen LogP contribution in [0.2, 0.25) is 5.02 Å². The molecule has 128 valence electrons. The summed E-state index contributed by atoms with van der Waals surface area (Å²) in [6.45, 7) is 1.95. The number of ether oxygens (including phenoxy) is 1. The van der Waals surface area contributed by atoms with E-state index < -0.39 is 0 Å². The largest absolute Gasteiger partial charge is 0.495 e. The minimum Gasteiger partial charge on any atom is -0.495 e. The zero-order valence-corrected chi connectivity index (χ0v) is 15.1. The van der Waals surface area contributed by atoms with Gasteiger partial charge >= 0.3 is 0 Å². The van der Waals surface area contributed by atoms with Crippen molar-refractivity contribution in [3.8, 4) is 5.75 Å². The highest BCUT2D eigenvalue weighted by molar-refractivity contribution is 6.31. The molecule has 5 nitrogen and oxygen atoms in total. The molecule has 25 heavy (non-hydrogen) atoms. The summed E-state index contributed by atoms with van der Waals surface area (Å²) in [4.78, 5) is 10.9. The minimum atomic E-state index is 0.598. The molecule has 0 aliphatic heterocycles. The Hall–Kier alpha value is -2.79. The van der Waals surface area contributed by atoms with Crippen molar-refractivity contribution < 1.29 is 4.74 Å². The number of hydrogen-bond acceptors (Lipinski definition) is 5. The van der Waals surface area contributed by atoms with E-state index in [0.717, 1.165) is 16.9 Å². The van der Waals surface area contributed by atoms with E-state index in [4.69, 9.17) is 16.3 Å². The quantitative estimate of drug-likeness (QED) is 0.701. The van der Waals surface area contributed by atoms with E-state index in [1.807, 2.05) is 61.3 Å². The zero-order valence-electron chi connectivity index (χ0n) is 14.3. The van der Waals surface area contributed by atoms with Crippen LogP contribution in [0.25, 0.3) is 0 Å². The lowest BCUT2D eigenvalue weighted by molar-refractivity contribution is 0.416. The van der Waals surface area contributed by atoms with Gasteiger partial charge in [0.15, 0.2) is 0 Å². The molecule has 3 rings (SSSR count). The second kappa shape index (κ2) is 7.40. The van der Waals surface area contributed by atoms with Gasteiger partial charge in [0.2, 0.25) is 5.95 Å². The van der Waals surface area contributed by atoms with E-state index in [0.29, 0.717) is 22.5 Å². The summed E-state index contributed by atoms with van der Waals surface area (Å²) < 4.78 is 5.40. The van der Waals surface area contributed by atoms with Crippen LogP contribution in [-0.4, -0.2) is 24.1 Å². The topological polar surface area (TPSA) is 50.3 Å². The molecule has 6 heteroatoms. The highest BCUT2D eigenvalue weighted by Crippen LogP contribution is 2.33. The standard InChI is InChI=1S/C19H19ClN4O/c1-13-11-16(17(25-3)12-15(13)20)22-18-9-10-21-19(23-18)24(2)14-7-5-4-6-8-14/h4-12H,1-3H3,(H,21,22,23). The summed E-state index contributed by atoms with van der Waals surface area (Å²) in [5, 5.41) is 3.94. The molecule has 1 N–H and O–H groups in total. The Kier molecular flexibility index (Phi) is 5.05. The van der Waals surface area contributed by atoms with E-state index in [9.17, 15) is 0 Å². The average molecular weight is 355 g/mol. The number of nitrogens with zero attached hydrogens (tertiary/aromatic N) is 3. The molecule has 0 saturated carbocycles. The van der Waals surface area contributed by atoms with Crippen LogP contribution in [0.5, 0.6) is 5.75 Å². The molecule has 1 heterocycles. The third kappa shape index (κ3) is 3.83. The number of methoxy groups -OCH3 is 1. The van der Waals surface area contributed by atoms with Crippen molar-refractivity contribution in [2.75, 3.05) is 24.4 Å². The van der Waals surface area contributed by atoms with Crippen molar-refractivity contribution in [3.63, 3.8) is 0 Å². The van der Waals surface area contributed by atoms with Crippen LogP contribution in [0.1, 0.15) is 5.56 Å². The van der Waals surface area contributed by atoms with Crippen molar-refractivity contribution in [3.05, 3.63) is 65.3 Å². The molecule has 0 amide bonds. The summed E-state index contributed by atoms with van der Waals surface area (Å²) in [6.07, 6.45) is 1.72. The Balaban J connectivity index is 1.89. The molecule has 0 unspecified atom stereocenters. The van der Waals surface area contributed by atoms with E-state index in [2.05, 4.69) is 15.3 Å². The van der Waals surface area contributed by atoms with Crippen molar-refractivity contribution in [2.45, 2.75) is 6.92 Å². The molecule has 1 aromatic heterocycles. The van der Waals surface area contributed by atoms with E-state index in [1.54, 1.807) is 19.4 Å². The van der Waals surface area contributed by atoms with Gasteiger partial charge in [-0.25, -0.2) is 4.98 Å². The number of rotatable bonds is 5. The highest BCUT2D eigenvalue weighted by atomic mass is 35.5. The van der Waals surface area contributed by atoms with Crippen LogP contribution in [0.4, 0.5) is 23.1 Å². The number of benzene rings is 2. The van der Waals surface area contributed by atoms with Gasteiger partial charge in [0.1, 0.15) is 11.6 Å². The fourth-order valence-electron chi connectivity index (χ4n) is 2.41. The summed E-state index contributed by atoms with van der Waals surface area (Å²) in [5.41, 5.74) is 2.77. The van der Waals surface area contributed by atoms with Crippen LogP contribution in [0, 0.1) is 6.92 Å². The number of anilines is 4. The second-order valence-corrected chi connectivity index (χ2v) is 5.97. The first-order chi connectivity index (χ1) is 12.1. The zero-order chi connectivity index (χ0) is 17.8. The lowest BCUT2D eigenvalue weighted by atomic mass is 10.2. The number of halogens is 1. The van der Waals surface area contributed by atoms with Crippen molar-refractivity contribution in [2.24, 2.45) is 0 Å². The van der Waals surface area contributed by atoms with Gasteiger partial charge in [-0.15, -0.1) is 0 Å². The highest BCUT2D eigenvalue weighted by Gasteiger charge is 2.11. The Bertz CT molecular complexity index is 871. The normalized spacial score (nSPS) is 10.4. The van der Waals surface area contributed by atoms with E-state index >= 15 is 0 Å². The minimum absolute atomic E-state index is 0.598. The second-order valence-electron chi connectivity index (χ2n) is 5.56. The molecule has 3 aromatic rings. The van der Waals surface area contributed by atoms with Gasteiger partial charge in [-0.3, -0.25) is 0 Å². The van der Waals surface area contributed by atoms with Crippen molar-refractivity contribution in [1.29, 1.82) is 0 Å². The molecule has 0 aliphatic carbocycles. The van der Waals surface area contributed by atoms with Gasteiger partial charge < -0.3 is 15.0 Å². The van der Waals surface area contributed by atoms with Gasteiger partial charge in [-0.1, -0.05) is 29.8 Å². The molecule has 2 aromatic carbocycles. The number of hydrogen-bond donors (Lipinski definition) is 1. The average Bonchev–Trinajstić information content (AvgIpc) is 2.65. The molecule has 0 spiro atoms. The fourth-order valence-corrected chi connectivity index (χ4v) is 2.57. The predicted octanol–water partition coefficient (Wildman–Crippen LogP) is 4.96. The molecular weight excluding hydrogens is 336 g/mol. The van der Waals surface area contributed by atoms with E-state index in [-0.39, 0.29) is 0 Å². The lowest BCUT2D eigenvalue weighted by Crippen LogP contribution is -2.13. The summed E-state index contributed by atoms with van der Waals surface area (Å²) in [6, 6.07) is 15.5. The first-order valence-electron chi connectivity index (χ1n) is 7.81. The number of aryl methyl sites for hydroxylation is 1. The Morgan fingerprint density at radius 3 is 2.60 bits per heavy atom. The monoisotopic (exact) mass is 354 g/mol. The van der Waals surface area contributed by atoms with Gasteiger partial charge in [0.25, 0.3) is 0 Å². The third-order valence-corrected chi connectivity index (χ3v) is 4.24. The SMILES string of the molecule is COc1cc(Cl)c(C)cc1Nc1ccnc(N(C)c2ccccc2)n1. The van der Waals surface area contributed by atoms with Crippen LogP contribution >= 0.6 is 11.6 Å². The third-order valence-electron chi connectivity index (χ3n) is 3.83. The molecule has 0 aliphatic rings. The van der Waals surface area contributed by atoms with Crippen molar-refractivity contribution >= 4 is 34.7 Å². The maximum absolute atomic E-state index is 6.16. The number of para-hydroxylation sites is 1. The van der Waals surface area contributed by atoms with Gasteiger partial charge in [0.05, 0.1) is 12.8 Å². The molecule has 0 radical (unpaired) electrons. The Morgan fingerprint density at radius 1 is 1.12 bits per heavy atom. The van der Waals surface area contributed by atoms with Crippen LogP contribution < -0.4 is 15.0 Å². The Morgan fingerprint density at radius 2 is 1.88 bits per heavy atom.